The summed E-state index contributed by atoms with van der Waals surface area (Å²) in [7, 11) is -2.98. The summed E-state index contributed by atoms with van der Waals surface area (Å²) < 4.78 is 24.5. The van der Waals surface area contributed by atoms with E-state index in [1.165, 1.54) is 6.26 Å². The number of nitrogens with one attached hydrogen (secondary N) is 1. The van der Waals surface area contributed by atoms with Crippen LogP contribution in [0.1, 0.15) is 23.3 Å². The summed E-state index contributed by atoms with van der Waals surface area (Å²) in [5.41, 5.74) is 5.37. The second kappa shape index (κ2) is 5.30. The van der Waals surface area contributed by atoms with Gasteiger partial charge < -0.3 is 11.1 Å². The van der Waals surface area contributed by atoms with Crippen molar-refractivity contribution in [3.05, 3.63) is 18.0 Å². The minimum absolute atomic E-state index is 0.165. The van der Waals surface area contributed by atoms with Crippen LogP contribution in [0.3, 0.4) is 0 Å². The maximum atomic E-state index is 11.4. The number of nitrogens with two attached hydrogens (primary N) is 1. The summed E-state index contributed by atoms with van der Waals surface area (Å²) in [5.74, 6) is -0.549. The number of carbonyl (C=O) groups excluding carboxylic acids is 1. The van der Waals surface area contributed by atoms with Gasteiger partial charge >= 0.3 is 0 Å². The van der Waals surface area contributed by atoms with Crippen LogP contribution in [0.5, 0.6) is 0 Å². The highest BCUT2D eigenvalue weighted by Gasteiger charge is 2.27. The normalized spacial score (nSPS) is 24.3. The lowest BCUT2D eigenvalue weighted by Crippen LogP contribution is -2.46. The largest absolute Gasteiger partial charge is 0.364 e. The molecule has 1 aromatic heterocycles. The SMILES string of the molecule is CS(=O)(=O)[C@@H]1CC[C@H](Cn2ccc(C(N)=O)n2)NC1. The van der Waals surface area contributed by atoms with E-state index in [2.05, 4.69) is 10.4 Å². The molecule has 2 atom stereocenters. The lowest BCUT2D eigenvalue weighted by atomic mass is 10.0. The molecular weight excluding hydrogens is 268 g/mol. The number of primary amides is 1. The first-order chi connectivity index (χ1) is 8.86. The third-order valence-electron chi connectivity index (χ3n) is 3.38. The number of aromatic nitrogens is 2. The van der Waals surface area contributed by atoms with Crippen LogP contribution >= 0.6 is 0 Å². The number of hydrogen-bond donors (Lipinski definition) is 2. The molecule has 106 valence electrons. The van der Waals surface area contributed by atoms with Gasteiger partial charge in [0.2, 0.25) is 0 Å². The predicted octanol–water partition coefficient (Wildman–Crippen LogP) is -0.853. The lowest BCUT2D eigenvalue weighted by Gasteiger charge is -2.28. The second-order valence-corrected chi connectivity index (χ2v) is 7.25. The summed E-state index contributed by atoms with van der Waals surface area (Å²) in [4.78, 5) is 10.9. The van der Waals surface area contributed by atoms with Crippen LogP contribution in [0.4, 0.5) is 0 Å². The highest BCUT2D eigenvalue weighted by atomic mass is 32.2. The topological polar surface area (TPSA) is 107 Å². The summed E-state index contributed by atoms with van der Waals surface area (Å²) in [5, 5.41) is 6.96. The number of hydrogen-bond acceptors (Lipinski definition) is 5. The molecule has 0 unspecified atom stereocenters. The maximum absolute atomic E-state index is 11.4. The molecule has 1 saturated heterocycles. The highest BCUT2D eigenvalue weighted by molar-refractivity contribution is 7.91. The zero-order valence-electron chi connectivity index (χ0n) is 10.7. The molecule has 0 aromatic carbocycles. The Kier molecular flexibility index (Phi) is 3.91. The number of piperidine rings is 1. The summed E-state index contributed by atoms with van der Waals surface area (Å²) in [6, 6.07) is 1.74. The van der Waals surface area contributed by atoms with Gasteiger partial charge in [0.1, 0.15) is 5.69 Å². The molecule has 1 aromatic rings. The van der Waals surface area contributed by atoms with E-state index in [0.717, 1.165) is 6.42 Å². The molecule has 0 radical (unpaired) electrons. The predicted molar refractivity (Wildman–Crippen MR) is 70.4 cm³/mol. The van der Waals surface area contributed by atoms with Gasteiger partial charge in [0.25, 0.3) is 5.91 Å². The van der Waals surface area contributed by atoms with Crippen molar-refractivity contribution in [1.82, 2.24) is 15.1 Å². The third-order valence-corrected chi connectivity index (χ3v) is 4.99. The molecule has 2 rings (SSSR count). The van der Waals surface area contributed by atoms with Crippen molar-refractivity contribution in [2.75, 3.05) is 12.8 Å². The first-order valence-electron chi connectivity index (χ1n) is 6.12. The second-order valence-electron chi connectivity index (χ2n) is 4.92. The maximum Gasteiger partial charge on any atom is 0.269 e. The Balaban J connectivity index is 1.90. The van der Waals surface area contributed by atoms with Crippen molar-refractivity contribution in [2.24, 2.45) is 5.73 Å². The summed E-state index contributed by atoms with van der Waals surface area (Å²) in [6.45, 7) is 1.07. The van der Waals surface area contributed by atoms with Crippen LogP contribution in [-0.4, -0.2) is 48.2 Å². The van der Waals surface area contributed by atoms with Gasteiger partial charge in [0, 0.05) is 25.0 Å². The van der Waals surface area contributed by atoms with Crippen LogP contribution in [0.2, 0.25) is 0 Å². The number of rotatable bonds is 4. The summed E-state index contributed by atoms with van der Waals surface area (Å²) >= 11 is 0. The first-order valence-corrected chi connectivity index (χ1v) is 8.07. The quantitative estimate of drug-likeness (QED) is 0.749. The van der Waals surface area contributed by atoms with Crippen LogP contribution < -0.4 is 11.1 Å². The molecule has 3 N–H and O–H groups in total. The fourth-order valence-corrected chi connectivity index (χ4v) is 3.19. The highest BCUT2D eigenvalue weighted by Crippen LogP contribution is 2.15. The van der Waals surface area contributed by atoms with Crippen LogP contribution in [0, 0.1) is 0 Å². The molecule has 1 aliphatic rings. The summed E-state index contributed by atoms with van der Waals surface area (Å²) in [6.07, 6.45) is 4.39. The minimum Gasteiger partial charge on any atom is -0.364 e. The minimum atomic E-state index is -2.98. The average molecular weight is 286 g/mol. The Morgan fingerprint density at radius 3 is 2.79 bits per heavy atom. The fraction of sp³-hybridized carbons (Fsp3) is 0.636. The van der Waals surface area contributed by atoms with Gasteiger partial charge in [-0.25, -0.2) is 8.42 Å². The number of carbonyl (C=O) groups is 1. The van der Waals surface area contributed by atoms with E-state index < -0.39 is 15.7 Å². The van der Waals surface area contributed by atoms with Gasteiger partial charge in [0.15, 0.2) is 9.84 Å². The van der Waals surface area contributed by atoms with Crippen molar-refractivity contribution in [2.45, 2.75) is 30.7 Å². The molecule has 2 heterocycles. The molecule has 0 spiro atoms. The lowest BCUT2D eigenvalue weighted by molar-refractivity contribution is 0.0994. The smallest absolute Gasteiger partial charge is 0.269 e. The molecule has 0 saturated carbocycles. The fourth-order valence-electron chi connectivity index (χ4n) is 2.23. The molecule has 8 heteroatoms. The molecule has 7 nitrogen and oxygen atoms in total. The molecular formula is C11H18N4O3S. The van der Waals surface area contributed by atoms with Crippen molar-refractivity contribution < 1.29 is 13.2 Å². The zero-order valence-corrected chi connectivity index (χ0v) is 11.6. The standard InChI is InChI=1S/C11H18N4O3S/c1-19(17,18)9-3-2-8(13-6-9)7-15-5-4-10(14-15)11(12)16/h4-5,8-9,13H,2-3,6-7H2,1H3,(H2,12,16)/t8-,9-/m1/s1. The Morgan fingerprint density at radius 2 is 2.32 bits per heavy atom. The van der Waals surface area contributed by atoms with E-state index in [9.17, 15) is 13.2 Å². The van der Waals surface area contributed by atoms with E-state index in [4.69, 9.17) is 5.73 Å². The van der Waals surface area contributed by atoms with Crippen molar-refractivity contribution in [3.63, 3.8) is 0 Å². The molecule has 0 bridgehead atoms. The Morgan fingerprint density at radius 1 is 1.58 bits per heavy atom. The molecule has 1 amide bonds. The Bertz CT molecular complexity index is 558. The van der Waals surface area contributed by atoms with Gasteiger partial charge in [-0.3, -0.25) is 9.48 Å². The van der Waals surface area contributed by atoms with E-state index in [1.807, 2.05) is 0 Å². The third kappa shape index (κ3) is 3.54. The van der Waals surface area contributed by atoms with E-state index in [1.54, 1.807) is 16.9 Å². The molecule has 19 heavy (non-hydrogen) atoms. The van der Waals surface area contributed by atoms with Gasteiger partial charge in [-0.1, -0.05) is 0 Å². The van der Waals surface area contributed by atoms with Gasteiger partial charge in [-0.15, -0.1) is 0 Å². The van der Waals surface area contributed by atoms with Crippen molar-refractivity contribution in [3.8, 4) is 0 Å². The Labute approximate surface area is 112 Å². The Hall–Kier alpha value is -1.41. The van der Waals surface area contributed by atoms with E-state index in [-0.39, 0.29) is 17.0 Å². The first kappa shape index (κ1) is 14.0. The monoisotopic (exact) mass is 286 g/mol. The number of amides is 1. The van der Waals surface area contributed by atoms with Gasteiger partial charge in [0.05, 0.1) is 11.8 Å². The van der Waals surface area contributed by atoms with Gasteiger partial charge in [-0.2, -0.15) is 5.10 Å². The van der Waals surface area contributed by atoms with Gasteiger partial charge in [-0.05, 0) is 18.9 Å². The number of nitrogens with zero attached hydrogens (tertiary/aromatic N) is 2. The van der Waals surface area contributed by atoms with Crippen LogP contribution in [0.15, 0.2) is 12.3 Å². The average Bonchev–Trinajstić information content (AvgIpc) is 2.77. The van der Waals surface area contributed by atoms with E-state index in [0.29, 0.717) is 19.5 Å². The van der Waals surface area contributed by atoms with Crippen LogP contribution in [-0.2, 0) is 16.4 Å². The van der Waals surface area contributed by atoms with Crippen molar-refractivity contribution >= 4 is 15.7 Å². The van der Waals surface area contributed by atoms with Crippen molar-refractivity contribution in [1.29, 1.82) is 0 Å². The van der Waals surface area contributed by atoms with Crippen LogP contribution in [0.25, 0.3) is 0 Å². The van der Waals surface area contributed by atoms with E-state index >= 15 is 0 Å². The number of sulfone groups is 1. The molecule has 0 aliphatic carbocycles. The molecule has 1 aliphatic heterocycles. The zero-order chi connectivity index (χ0) is 14.0. The molecule has 1 fully saturated rings.